The molecular weight excluding hydrogens is 367 g/mol. The summed E-state index contributed by atoms with van der Waals surface area (Å²) in [4.78, 5) is 11.6. The van der Waals surface area contributed by atoms with Gasteiger partial charge in [-0.15, -0.1) is 0 Å². The third-order valence-electron chi connectivity index (χ3n) is 2.05. The Hall–Kier alpha value is -0.280. The quantitative estimate of drug-likeness (QED) is 0.309. The SMILES string of the molecule is CCOC(=O)c1nn(COCC[S+](C)C)cc1I. The number of aromatic nitrogens is 2. The molecule has 0 aromatic carbocycles. The maximum atomic E-state index is 11.6. The Morgan fingerprint density at radius 3 is 2.89 bits per heavy atom. The van der Waals surface area contributed by atoms with E-state index >= 15 is 0 Å². The maximum absolute atomic E-state index is 11.6. The van der Waals surface area contributed by atoms with Crippen molar-refractivity contribution in [2.45, 2.75) is 13.7 Å². The zero-order valence-corrected chi connectivity index (χ0v) is 13.8. The first-order valence-electron chi connectivity index (χ1n) is 5.56. The van der Waals surface area contributed by atoms with E-state index < -0.39 is 0 Å². The molecule has 0 bridgehead atoms. The number of esters is 1. The molecule has 0 radical (unpaired) electrons. The molecule has 1 rings (SSSR count). The van der Waals surface area contributed by atoms with Crippen LogP contribution >= 0.6 is 22.6 Å². The lowest BCUT2D eigenvalue weighted by molar-refractivity contribution is 0.0510. The van der Waals surface area contributed by atoms with Gasteiger partial charge < -0.3 is 9.47 Å². The minimum atomic E-state index is -0.385. The highest BCUT2D eigenvalue weighted by atomic mass is 127. The van der Waals surface area contributed by atoms with Gasteiger partial charge in [0.1, 0.15) is 12.5 Å². The van der Waals surface area contributed by atoms with Crippen LogP contribution in [0, 0.1) is 3.57 Å². The molecule has 0 saturated carbocycles. The molecule has 1 heterocycles. The number of carbonyl (C=O) groups is 1. The molecule has 0 aliphatic rings. The highest BCUT2D eigenvalue weighted by Gasteiger charge is 2.16. The second-order valence-electron chi connectivity index (χ2n) is 3.81. The van der Waals surface area contributed by atoms with Crippen LogP contribution < -0.4 is 0 Å². The van der Waals surface area contributed by atoms with Crippen LogP contribution in [0.5, 0.6) is 0 Å². The summed E-state index contributed by atoms with van der Waals surface area (Å²) in [7, 11) is 0.387. The summed E-state index contributed by atoms with van der Waals surface area (Å²) in [5.41, 5.74) is 0.354. The van der Waals surface area contributed by atoms with E-state index in [4.69, 9.17) is 9.47 Å². The Bertz CT molecular complexity index is 396. The van der Waals surface area contributed by atoms with Gasteiger partial charge in [0.15, 0.2) is 5.69 Å². The molecule has 0 N–H and O–H groups in total. The summed E-state index contributed by atoms with van der Waals surface area (Å²) >= 11 is 2.07. The molecule has 18 heavy (non-hydrogen) atoms. The third-order valence-corrected chi connectivity index (χ3v) is 3.82. The van der Waals surface area contributed by atoms with Crippen molar-refractivity contribution in [3.63, 3.8) is 0 Å². The lowest BCUT2D eigenvalue weighted by atomic mass is 10.4. The average Bonchev–Trinajstić information content (AvgIpc) is 2.66. The van der Waals surface area contributed by atoms with Crippen LogP contribution in [0.25, 0.3) is 0 Å². The molecule has 0 aliphatic heterocycles. The second kappa shape index (κ2) is 8.00. The topological polar surface area (TPSA) is 53.3 Å². The normalized spacial score (nSPS) is 10.9. The molecule has 0 fully saturated rings. The van der Waals surface area contributed by atoms with E-state index in [2.05, 4.69) is 40.2 Å². The van der Waals surface area contributed by atoms with E-state index in [1.807, 2.05) is 0 Å². The molecular formula is C11H18IN2O3S+. The van der Waals surface area contributed by atoms with Gasteiger partial charge in [0.2, 0.25) is 0 Å². The number of nitrogens with zero attached hydrogens (tertiary/aromatic N) is 2. The van der Waals surface area contributed by atoms with Crippen molar-refractivity contribution in [3.05, 3.63) is 15.5 Å². The van der Waals surface area contributed by atoms with Crippen molar-refractivity contribution < 1.29 is 14.3 Å². The van der Waals surface area contributed by atoms with Crippen molar-refractivity contribution in [2.24, 2.45) is 0 Å². The van der Waals surface area contributed by atoms with Gasteiger partial charge in [-0.25, -0.2) is 9.48 Å². The fourth-order valence-electron chi connectivity index (χ4n) is 1.18. The van der Waals surface area contributed by atoms with Gasteiger partial charge >= 0.3 is 5.97 Å². The zero-order valence-electron chi connectivity index (χ0n) is 10.8. The molecule has 0 spiro atoms. The summed E-state index contributed by atoms with van der Waals surface area (Å²) < 4.78 is 12.8. The number of hydrogen-bond acceptors (Lipinski definition) is 4. The Morgan fingerprint density at radius 1 is 1.56 bits per heavy atom. The van der Waals surface area contributed by atoms with Gasteiger partial charge in [-0.1, -0.05) is 0 Å². The van der Waals surface area contributed by atoms with Crippen LogP contribution in [0.1, 0.15) is 17.4 Å². The van der Waals surface area contributed by atoms with Crippen LogP contribution in [0.2, 0.25) is 0 Å². The molecule has 7 heteroatoms. The van der Waals surface area contributed by atoms with E-state index in [1.165, 1.54) is 0 Å². The van der Waals surface area contributed by atoms with Gasteiger partial charge in [-0.2, -0.15) is 5.10 Å². The highest BCUT2D eigenvalue weighted by Crippen LogP contribution is 2.11. The Morgan fingerprint density at radius 2 is 2.28 bits per heavy atom. The summed E-state index contributed by atoms with van der Waals surface area (Å²) in [6.45, 7) is 3.21. The van der Waals surface area contributed by atoms with Gasteiger partial charge in [-0.05, 0) is 40.4 Å². The fourth-order valence-corrected chi connectivity index (χ4v) is 2.29. The minimum absolute atomic E-state index is 0.354. The van der Waals surface area contributed by atoms with Gasteiger partial charge in [-0.3, -0.25) is 0 Å². The monoisotopic (exact) mass is 385 g/mol. The summed E-state index contributed by atoms with van der Waals surface area (Å²) in [5, 5.41) is 4.16. The Labute approximate surface area is 124 Å². The summed E-state index contributed by atoms with van der Waals surface area (Å²) in [6, 6.07) is 0. The number of ether oxygens (including phenoxy) is 2. The predicted molar refractivity (Wildman–Crippen MR) is 80.9 cm³/mol. The lowest BCUT2D eigenvalue weighted by Gasteiger charge is -2.02. The van der Waals surface area contributed by atoms with Gasteiger partial charge in [0.05, 0.1) is 29.3 Å². The van der Waals surface area contributed by atoms with Gasteiger partial charge in [0, 0.05) is 6.20 Å². The molecule has 5 nitrogen and oxygen atoms in total. The van der Waals surface area contributed by atoms with Gasteiger partial charge in [0.25, 0.3) is 0 Å². The fraction of sp³-hybridized carbons (Fsp3) is 0.636. The first kappa shape index (κ1) is 15.8. The molecule has 0 atom stereocenters. The lowest BCUT2D eigenvalue weighted by Crippen LogP contribution is -2.13. The first-order valence-corrected chi connectivity index (χ1v) is 8.85. The van der Waals surface area contributed by atoms with Crippen molar-refractivity contribution in [3.8, 4) is 0 Å². The van der Waals surface area contributed by atoms with E-state index in [-0.39, 0.29) is 5.97 Å². The molecule has 1 aromatic heterocycles. The molecule has 0 unspecified atom stereocenters. The molecule has 0 aliphatic carbocycles. The first-order chi connectivity index (χ1) is 8.54. The second-order valence-corrected chi connectivity index (χ2v) is 7.35. The molecule has 0 amide bonds. The van der Waals surface area contributed by atoms with E-state index in [0.717, 1.165) is 9.32 Å². The third kappa shape index (κ3) is 5.15. The number of hydrogen-bond donors (Lipinski definition) is 0. The van der Waals surface area contributed by atoms with Crippen molar-refractivity contribution in [2.75, 3.05) is 31.5 Å². The van der Waals surface area contributed by atoms with E-state index in [1.54, 1.807) is 17.8 Å². The molecule has 1 aromatic rings. The van der Waals surface area contributed by atoms with Crippen LogP contribution in [-0.4, -0.2) is 47.2 Å². The molecule has 102 valence electrons. The zero-order chi connectivity index (χ0) is 13.5. The summed E-state index contributed by atoms with van der Waals surface area (Å²) in [6.07, 6.45) is 6.14. The summed E-state index contributed by atoms with van der Waals surface area (Å²) in [5.74, 6) is 0.660. The highest BCUT2D eigenvalue weighted by molar-refractivity contribution is 14.1. The smallest absolute Gasteiger partial charge is 0.359 e. The van der Waals surface area contributed by atoms with E-state index in [0.29, 0.717) is 36.5 Å². The standard InChI is InChI=1S/C11H18IN2O3S/c1-4-17-11(15)10-9(12)7-14(13-10)8-16-5-6-18(2)3/h7H,4-6,8H2,1-3H3/q+1. The van der Waals surface area contributed by atoms with Crippen LogP contribution in [0.4, 0.5) is 0 Å². The number of halogens is 1. The minimum Gasteiger partial charge on any atom is -0.461 e. The number of carbonyl (C=O) groups excluding carboxylic acids is 1. The Balaban J connectivity index is 2.48. The van der Waals surface area contributed by atoms with Crippen molar-refractivity contribution >= 4 is 39.5 Å². The van der Waals surface area contributed by atoms with Crippen LogP contribution in [0.3, 0.4) is 0 Å². The van der Waals surface area contributed by atoms with Crippen molar-refractivity contribution in [1.82, 2.24) is 9.78 Å². The Kier molecular flexibility index (Phi) is 7.02. The van der Waals surface area contributed by atoms with Crippen LogP contribution in [0.15, 0.2) is 6.20 Å². The largest absolute Gasteiger partial charge is 0.461 e. The van der Waals surface area contributed by atoms with E-state index in [9.17, 15) is 4.79 Å². The number of rotatable bonds is 7. The molecule has 0 saturated heterocycles. The predicted octanol–water partition coefficient (Wildman–Crippen LogP) is 1.52. The van der Waals surface area contributed by atoms with Crippen LogP contribution in [-0.2, 0) is 27.1 Å². The van der Waals surface area contributed by atoms with Crippen molar-refractivity contribution in [1.29, 1.82) is 0 Å². The average molecular weight is 385 g/mol. The maximum Gasteiger partial charge on any atom is 0.359 e.